The highest BCUT2D eigenvalue weighted by atomic mass is 19.4. The number of hydrogen-bond donors (Lipinski definition) is 2. The molecule has 0 unspecified atom stereocenters. The first kappa shape index (κ1) is 22.8. The van der Waals surface area contributed by atoms with Gasteiger partial charge in [-0.3, -0.25) is 0 Å². The average molecular weight is 435 g/mol. The van der Waals surface area contributed by atoms with Crippen molar-refractivity contribution in [1.82, 2.24) is 5.43 Å². The third-order valence-corrected chi connectivity index (χ3v) is 3.65. The van der Waals surface area contributed by atoms with Gasteiger partial charge in [-0.2, -0.15) is 31.4 Å². The summed E-state index contributed by atoms with van der Waals surface area (Å²) < 4.78 is 87.4. The summed E-state index contributed by atoms with van der Waals surface area (Å²) in [4.78, 5) is 11.8. The molecule has 12 heteroatoms. The molecule has 162 valence electrons. The van der Waals surface area contributed by atoms with Gasteiger partial charge in [0.25, 0.3) is 0 Å². The zero-order chi connectivity index (χ0) is 22.5. The van der Waals surface area contributed by atoms with Gasteiger partial charge in [-0.25, -0.2) is 10.2 Å². The molecule has 0 atom stereocenters. The Morgan fingerprint density at radius 2 is 1.57 bits per heavy atom. The van der Waals surface area contributed by atoms with Crippen LogP contribution in [0.5, 0.6) is 11.5 Å². The lowest BCUT2D eigenvalue weighted by molar-refractivity contribution is -0.143. The van der Waals surface area contributed by atoms with Crippen LogP contribution < -0.4 is 20.2 Å². The van der Waals surface area contributed by atoms with Crippen LogP contribution in [0.2, 0.25) is 0 Å². The number of methoxy groups -OCH3 is 2. The fourth-order valence-corrected chi connectivity index (χ4v) is 2.36. The van der Waals surface area contributed by atoms with Crippen LogP contribution in [0.25, 0.3) is 0 Å². The normalized spacial score (nSPS) is 12.0. The maximum atomic E-state index is 12.9. The van der Waals surface area contributed by atoms with Crippen LogP contribution in [0.1, 0.15) is 16.7 Å². The van der Waals surface area contributed by atoms with Crippen LogP contribution >= 0.6 is 0 Å². The Labute approximate surface area is 166 Å². The van der Waals surface area contributed by atoms with Gasteiger partial charge in [0.2, 0.25) is 0 Å². The maximum absolute atomic E-state index is 12.9. The predicted octanol–water partition coefficient (Wildman–Crippen LogP) is 4.90. The van der Waals surface area contributed by atoms with E-state index in [4.69, 9.17) is 9.47 Å². The monoisotopic (exact) mass is 435 g/mol. The number of anilines is 1. The molecule has 30 heavy (non-hydrogen) atoms. The molecule has 2 aromatic rings. The van der Waals surface area contributed by atoms with E-state index in [1.165, 1.54) is 14.2 Å². The van der Waals surface area contributed by atoms with E-state index in [0.29, 0.717) is 29.2 Å². The van der Waals surface area contributed by atoms with Crippen molar-refractivity contribution in [2.24, 2.45) is 5.10 Å². The van der Waals surface area contributed by atoms with Gasteiger partial charge < -0.3 is 14.8 Å². The van der Waals surface area contributed by atoms with Gasteiger partial charge in [-0.15, -0.1) is 0 Å². The van der Waals surface area contributed by atoms with E-state index in [1.807, 2.05) is 10.7 Å². The van der Waals surface area contributed by atoms with Crippen LogP contribution in [0.15, 0.2) is 41.5 Å². The molecule has 2 aromatic carbocycles. The van der Waals surface area contributed by atoms with Crippen molar-refractivity contribution < 1.29 is 40.6 Å². The fraction of sp³-hybridized carbons (Fsp3) is 0.222. The molecule has 0 spiro atoms. The largest absolute Gasteiger partial charge is 0.493 e. The van der Waals surface area contributed by atoms with Crippen molar-refractivity contribution in [3.05, 3.63) is 53.1 Å². The number of hydrazone groups is 1. The number of benzene rings is 2. The number of rotatable bonds is 5. The number of carbonyl (C=O) groups is 1. The summed E-state index contributed by atoms with van der Waals surface area (Å²) in [6.07, 6.45) is -8.90. The number of para-hydroxylation sites is 1. The van der Waals surface area contributed by atoms with Crippen molar-refractivity contribution in [3.63, 3.8) is 0 Å². The summed E-state index contributed by atoms with van der Waals surface area (Å²) in [7, 11) is 2.79. The van der Waals surface area contributed by atoms with Crippen LogP contribution in [0.3, 0.4) is 0 Å². The quantitative estimate of drug-likeness (QED) is 0.399. The average Bonchev–Trinajstić information content (AvgIpc) is 2.66. The lowest BCUT2D eigenvalue weighted by atomic mass is 10.1. The Hall–Kier alpha value is -3.44. The van der Waals surface area contributed by atoms with Crippen LogP contribution in [0, 0.1) is 0 Å². The number of nitrogens with one attached hydrogen (secondary N) is 2. The molecule has 0 bridgehead atoms. The molecule has 0 fully saturated rings. The van der Waals surface area contributed by atoms with E-state index >= 15 is 0 Å². The highest BCUT2D eigenvalue weighted by Gasteiger charge is 2.37. The molecule has 0 aliphatic rings. The standard InChI is InChI=1S/C18H15F6N3O3/c1-29-14-5-3-4-10(15(14)30-2)9-25-27-16(28)26-13-7-11(17(19,20)21)6-12(8-13)18(22,23)24/h3-9H,1-2H3,(H2,26,27,28). The Kier molecular flexibility index (Phi) is 6.80. The minimum absolute atomic E-state index is 0.0453. The molecular weight excluding hydrogens is 420 g/mol. The maximum Gasteiger partial charge on any atom is 0.416 e. The number of carbonyl (C=O) groups excluding carboxylic acids is 1. The number of amides is 2. The summed E-state index contributed by atoms with van der Waals surface area (Å²) in [6.45, 7) is 0. The van der Waals surface area contributed by atoms with E-state index < -0.39 is 35.2 Å². The second-order valence-corrected chi connectivity index (χ2v) is 5.70. The Bertz CT molecular complexity index is 909. The zero-order valence-electron chi connectivity index (χ0n) is 15.5. The molecule has 2 amide bonds. The summed E-state index contributed by atoms with van der Waals surface area (Å²) in [5.41, 5.74) is -1.48. The first-order valence-corrected chi connectivity index (χ1v) is 8.06. The number of nitrogens with zero attached hydrogens (tertiary/aromatic N) is 1. The number of hydrogen-bond acceptors (Lipinski definition) is 4. The molecule has 0 saturated carbocycles. The van der Waals surface area contributed by atoms with E-state index in [0.717, 1.165) is 6.21 Å². The molecule has 0 aromatic heterocycles. The number of halogens is 6. The minimum atomic E-state index is -5.03. The van der Waals surface area contributed by atoms with Crippen molar-refractivity contribution in [2.45, 2.75) is 12.4 Å². The minimum Gasteiger partial charge on any atom is -0.493 e. The van der Waals surface area contributed by atoms with Gasteiger partial charge in [0.1, 0.15) is 0 Å². The second-order valence-electron chi connectivity index (χ2n) is 5.70. The third-order valence-electron chi connectivity index (χ3n) is 3.65. The van der Waals surface area contributed by atoms with Gasteiger partial charge in [-0.05, 0) is 30.3 Å². The van der Waals surface area contributed by atoms with Gasteiger partial charge in [0, 0.05) is 11.3 Å². The Morgan fingerprint density at radius 3 is 2.07 bits per heavy atom. The lowest BCUT2D eigenvalue weighted by Gasteiger charge is -2.14. The van der Waals surface area contributed by atoms with E-state index in [-0.39, 0.29) is 6.07 Å². The van der Waals surface area contributed by atoms with E-state index in [9.17, 15) is 31.1 Å². The summed E-state index contributed by atoms with van der Waals surface area (Å²) in [5, 5.41) is 5.48. The zero-order valence-corrected chi connectivity index (χ0v) is 15.5. The summed E-state index contributed by atoms with van der Waals surface area (Å²) >= 11 is 0. The highest BCUT2D eigenvalue weighted by Crippen LogP contribution is 2.37. The smallest absolute Gasteiger partial charge is 0.416 e. The third kappa shape index (κ3) is 5.78. The molecule has 0 aliphatic heterocycles. The van der Waals surface area contributed by atoms with Gasteiger partial charge in [0.15, 0.2) is 11.5 Å². The number of alkyl halides is 6. The molecule has 2 N–H and O–H groups in total. The van der Waals surface area contributed by atoms with E-state index in [1.54, 1.807) is 18.2 Å². The fourth-order valence-electron chi connectivity index (χ4n) is 2.36. The van der Waals surface area contributed by atoms with Crippen molar-refractivity contribution in [2.75, 3.05) is 19.5 Å². The second kappa shape index (κ2) is 8.93. The summed E-state index contributed by atoms with van der Waals surface area (Å²) in [5.74, 6) is 0.688. The van der Waals surface area contributed by atoms with Crippen molar-refractivity contribution >= 4 is 17.9 Å². The Morgan fingerprint density at radius 1 is 0.967 bits per heavy atom. The number of urea groups is 1. The molecule has 0 heterocycles. The number of ether oxygens (including phenoxy) is 2. The van der Waals surface area contributed by atoms with E-state index in [2.05, 4.69) is 5.10 Å². The van der Waals surface area contributed by atoms with Gasteiger partial charge in [0.05, 0.1) is 31.6 Å². The molecule has 0 aliphatic carbocycles. The Balaban J connectivity index is 2.18. The molecular formula is C18H15F6N3O3. The summed E-state index contributed by atoms with van der Waals surface area (Å²) in [6, 6.07) is 4.36. The first-order chi connectivity index (χ1) is 14.0. The molecule has 6 nitrogen and oxygen atoms in total. The molecule has 0 radical (unpaired) electrons. The SMILES string of the molecule is COc1cccc(C=NNC(=O)Nc2cc(C(F)(F)F)cc(C(F)(F)F)c2)c1OC. The van der Waals surface area contributed by atoms with Crippen LogP contribution in [-0.2, 0) is 12.4 Å². The predicted molar refractivity (Wildman–Crippen MR) is 95.7 cm³/mol. The van der Waals surface area contributed by atoms with Crippen LogP contribution in [0.4, 0.5) is 36.8 Å². The van der Waals surface area contributed by atoms with Gasteiger partial charge >= 0.3 is 18.4 Å². The van der Waals surface area contributed by atoms with Gasteiger partial charge in [-0.1, -0.05) is 6.07 Å². The van der Waals surface area contributed by atoms with Crippen molar-refractivity contribution in [1.29, 1.82) is 0 Å². The molecule has 0 saturated heterocycles. The highest BCUT2D eigenvalue weighted by molar-refractivity contribution is 5.91. The first-order valence-electron chi connectivity index (χ1n) is 8.06. The lowest BCUT2D eigenvalue weighted by Crippen LogP contribution is -2.25. The topological polar surface area (TPSA) is 72.0 Å². The van der Waals surface area contributed by atoms with Crippen LogP contribution in [-0.4, -0.2) is 26.5 Å². The van der Waals surface area contributed by atoms with Crippen molar-refractivity contribution in [3.8, 4) is 11.5 Å². The molecule has 2 rings (SSSR count).